The summed E-state index contributed by atoms with van der Waals surface area (Å²) in [5.74, 6) is 0.189. The molecule has 5 heteroatoms. The molecule has 2 aliphatic rings. The fraction of sp³-hybridized carbons (Fsp3) is 0.933. The quantitative estimate of drug-likeness (QED) is 0.783. The Morgan fingerprint density at radius 2 is 1.75 bits per heavy atom. The Balaban J connectivity index is 1.65. The van der Waals surface area contributed by atoms with Gasteiger partial charge in [0.2, 0.25) is 5.91 Å². The number of amides is 1. The molecule has 0 bridgehead atoms. The second kappa shape index (κ2) is 7.38. The Kier molecular flexibility index (Phi) is 5.81. The molecule has 116 valence electrons. The summed E-state index contributed by atoms with van der Waals surface area (Å²) < 4.78 is 0. The predicted octanol–water partition coefficient (Wildman–Crippen LogP) is 0.399. The van der Waals surface area contributed by atoms with Gasteiger partial charge >= 0.3 is 0 Å². The predicted molar refractivity (Wildman–Crippen MR) is 81.5 cm³/mol. The number of carbonyl (C=O) groups is 1. The van der Waals surface area contributed by atoms with Gasteiger partial charge in [-0.3, -0.25) is 9.69 Å². The smallest absolute Gasteiger partial charge is 0.234 e. The summed E-state index contributed by atoms with van der Waals surface area (Å²) in [6.45, 7) is 2.63. The van der Waals surface area contributed by atoms with Crippen LogP contribution in [0, 0.1) is 0 Å². The molecule has 1 amide bonds. The van der Waals surface area contributed by atoms with Gasteiger partial charge in [0.25, 0.3) is 0 Å². The maximum absolute atomic E-state index is 12.1. The van der Waals surface area contributed by atoms with Gasteiger partial charge in [-0.05, 0) is 52.6 Å². The van der Waals surface area contributed by atoms with Crippen LogP contribution in [0.3, 0.4) is 0 Å². The minimum atomic E-state index is 0.189. The zero-order valence-electron chi connectivity index (χ0n) is 13.0. The molecule has 1 aliphatic heterocycles. The highest BCUT2D eigenvalue weighted by Gasteiger charge is 2.24. The van der Waals surface area contributed by atoms with E-state index in [-0.39, 0.29) is 5.91 Å². The first-order valence-corrected chi connectivity index (χ1v) is 7.98. The van der Waals surface area contributed by atoms with Crippen LogP contribution in [0.15, 0.2) is 0 Å². The number of piperidine rings is 1. The summed E-state index contributed by atoms with van der Waals surface area (Å²) in [5.41, 5.74) is 5.89. The Morgan fingerprint density at radius 3 is 2.30 bits per heavy atom. The summed E-state index contributed by atoms with van der Waals surface area (Å²) in [5, 5.41) is 3.17. The van der Waals surface area contributed by atoms with E-state index in [1.165, 1.54) is 12.8 Å². The lowest BCUT2D eigenvalue weighted by atomic mass is 9.92. The zero-order chi connectivity index (χ0) is 14.5. The van der Waals surface area contributed by atoms with Crippen LogP contribution in [-0.4, -0.2) is 67.6 Å². The van der Waals surface area contributed by atoms with Gasteiger partial charge in [-0.25, -0.2) is 0 Å². The highest BCUT2D eigenvalue weighted by Crippen LogP contribution is 2.17. The fourth-order valence-electron chi connectivity index (χ4n) is 3.33. The van der Waals surface area contributed by atoms with Gasteiger partial charge < -0.3 is 16.0 Å². The third-order valence-corrected chi connectivity index (χ3v) is 4.79. The standard InChI is InChI=1S/C15H30N4O/c1-18(2)14-7-9-19(10-8-14)11-15(20)17-13-5-3-12(16)4-6-13/h12-14H,3-11,16H2,1-2H3,(H,17,20). The van der Waals surface area contributed by atoms with Crippen LogP contribution >= 0.6 is 0 Å². The van der Waals surface area contributed by atoms with Crippen molar-refractivity contribution in [3.63, 3.8) is 0 Å². The summed E-state index contributed by atoms with van der Waals surface area (Å²) in [4.78, 5) is 16.7. The van der Waals surface area contributed by atoms with E-state index in [4.69, 9.17) is 5.73 Å². The van der Waals surface area contributed by atoms with Gasteiger partial charge in [-0.2, -0.15) is 0 Å². The summed E-state index contributed by atoms with van der Waals surface area (Å²) in [7, 11) is 4.28. The minimum Gasteiger partial charge on any atom is -0.352 e. The Labute approximate surface area is 122 Å². The summed E-state index contributed by atoms with van der Waals surface area (Å²) in [6.07, 6.45) is 6.49. The number of nitrogens with one attached hydrogen (secondary N) is 1. The molecule has 1 saturated heterocycles. The minimum absolute atomic E-state index is 0.189. The second-order valence-corrected chi connectivity index (χ2v) is 6.65. The van der Waals surface area contributed by atoms with Crippen molar-refractivity contribution in [3.05, 3.63) is 0 Å². The third-order valence-electron chi connectivity index (χ3n) is 4.79. The maximum atomic E-state index is 12.1. The lowest BCUT2D eigenvalue weighted by Crippen LogP contribution is -2.48. The van der Waals surface area contributed by atoms with E-state index in [1.54, 1.807) is 0 Å². The van der Waals surface area contributed by atoms with Gasteiger partial charge in [0, 0.05) is 31.2 Å². The lowest BCUT2D eigenvalue weighted by Gasteiger charge is -2.35. The summed E-state index contributed by atoms with van der Waals surface area (Å²) in [6, 6.07) is 1.36. The highest BCUT2D eigenvalue weighted by molar-refractivity contribution is 5.78. The van der Waals surface area contributed by atoms with Crippen LogP contribution in [0.1, 0.15) is 38.5 Å². The average molecular weight is 282 g/mol. The van der Waals surface area contributed by atoms with Crippen LogP contribution < -0.4 is 11.1 Å². The number of likely N-dealkylation sites (tertiary alicyclic amines) is 1. The van der Waals surface area contributed by atoms with Crippen LogP contribution in [-0.2, 0) is 4.79 Å². The normalized spacial score (nSPS) is 29.6. The number of nitrogens with zero attached hydrogens (tertiary/aromatic N) is 2. The molecule has 0 spiro atoms. The van der Waals surface area contributed by atoms with Crippen molar-refractivity contribution in [2.24, 2.45) is 5.73 Å². The van der Waals surface area contributed by atoms with E-state index in [9.17, 15) is 4.79 Å². The number of nitrogens with two attached hydrogens (primary N) is 1. The number of rotatable bonds is 4. The van der Waals surface area contributed by atoms with Gasteiger partial charge in [0.05, 0.1) is 6.54 Å². The number of carbonyl (C=O) groups excluding carboxylic acids is 1. The van der Waals surface area contributed by atoms with Gasteiger partial charge in [-0.15, -0.1) is 0 Å². The average Bonchev–Trinajstić information content (AvgIpc) is 2.42. The van der Waals surface area contributed by atoms with Crippen molar-refractivity contribution < 1.29 is 4.79 Å². The van der Waals surface area contributed by atoms with E-state index in [0.717, 1.165) is 38.8 Å². The zero-order valence-corrected chi connectivity index (χ0v) is 13.0. The third kappa shape index (κ3) is 4.72. The van der Waals surface area contributed by atoms with Crippen molar-refractivity contribution >= 4 is 5.91 Å². The molecule has 2 rings (SSSR count). The maximum Gasteiger partial charge on any atom is 0.234 e. The van der Waals surface area contributed by atoms with Crippen LogP contribution in [0.2, 0.25) is 0 Å². The molecular formula is C15H30N4O. The van der Waals surface area contributed by atoms with Crippen molar-refractivity contribution in [1.82, 2.24) is 15.1 Å². The van der Waals surface area contributed by atoms with Gasteiger partial charge in [0.15, 0.2) is 0 Å². The Morgan fingerprint density at radius 1 is 1.15 bits per heavy atom. The van der Waals surface area contributed by atoms with Crippen molar-refractivity contribution in [2.75, 3.05) is 33.7 Å². The fourth-order valence-corrected chi connectivity index (χ4v) is 3.33. The molecule has 2 fully saturated rings. The molecule has 1 heterocycles. The second-order valence-electron chi connectivity index (χ2n) is 6.65. The SMILES string of the molecule is CN(C)C1CCN(CC(=O)NC2CCC(N)CC2)CC1. The van der Waals surface area contributed by atoms with Gasteiger partial charge in [0.1, 0.15) is 0 Å². The lowest BCUT2D eigenvalue weighted by molar-refractivity contribution is -0.123. The number of hydrogen-bond acceptors (Lipinski definition) is 4. The molecule has 0 aromatic carbocycles. The van der Waals surface area contributed by atoms with E-state index in [1.807, 2.05) is 0 Å². The van der Waals surface area contributed by atoms with Crippen molar-refractivity contribution in [1.29, 1.82) is 0 Å². The molecule has 0 radical (unpaired) electrons. The largest absolute Gasteiger partial charge is 0.352 e. The Bertz CT molecular complexity index is 305. The molecule has 0 atom stereocenters. The molecular weight excluding hydrogens is 252 g/mol. The first kappa shape index (κ1) is 15.7. The van der Waals surface area contributed by atoms with Crippen molar-refractivity contribution in [3.8, 4) is 0 Å². The van der Waals surface area contributed by atoms with E-state index < -0.39 is 0 Å². The van der Waals surface area contributed by atoms with Gasteiger partial charge in [-0.1, -0.05) is 0 Å². The first-order valence-electron chi connectivity index (χ1n) is 7.98. The first-order chi connectivity index (χ1) is 9.54. The van der Waals surface area contributed by atoms with Crippen LogP contribution in [0.25, 0.3) is 0 Å². The van der Waals surface area contributed by atoms with Crippen molar-refractivity contribution in [2.45, 2.75) is 56.7 Å². The highest BCUT2D eigenvalue weighted by atomic mass is 16.2. The van der Waals surface area contributed by atoms with Crippen LogP contribution in [0.4, 0.5) is 0 Å². The molecule has 0 aromatic rings. The number of hydrogen-bond donors (Lipinski definition) is 2. The molecule has 3 N–H and O–H groups in total. The van der Waals surface area contributed by atoms with E-state index in [0.29, 0.717) is 24.7 Å². The molecule has 1 aliphatic carbocycles. The monoisotopic (exact) mass is 282 g/mol. The van der Waals surface area contributed by atoms with Crippen LogP contribution in [0.5, 0.6) is 0 Å². The van der Waals surface area contributed by atoms with E-state index >= 15 is 0 Å². The molecule has 5 nitrogen and oxygen atoms in total. The topological polar surface area (TPSA) is 61.6 Å². The molecule has 0 aromatic heterocycles. The molecule has 20 heavy (non-hydrogen) atoms. The summed E-state index contributed by atoms with van der Waals surface area (Å²) >= 11 is 0. The molecule has 0 unspecified atom stereocenters. The Hall–Kier alpha value is -0.650. The van der Waals surface area contributed by atoms with E-state index in [2.05, 4.69) is 29.2 Å². The molecule has 1 saturated carbocycles.